The topological polar surface area (TPSA) is 45.7 Å². The smallest absolute Gasteiger partial charge is 0.416 e. The van der Waals surface area contributed by atoms with Crippen molar-refractivity contribution < 1.29 is 22.7 Å². The van der Waals surface area contributed by atoms with Gasteiger partial charge in [0.2, 0.25) is 0 Å². The number of halogens is 3. The number of carbonyl (C=O) groups is 1. The minimum Gasteiger partial charge on any atom is -0.497 e. The van der Waals surface area contributed by atoms with Crippen molar-refractivity contribution in [2.75, 3.05) is 33.3 Å². The van der Waals surface area contributed by atoms with Crippen LogP contribution in [0, 0.1) is 0 Å². The van der Waals surface area contributed by atoms with Gasteiger partial charge >= 0.3 is 6.18 Å². The number of nitrogens with zero attached hydrogens (tertiary/aromatic N) is 3. The highest BCUT2D eigenvalue weighted by Crippen LogP contribution is 2.30. The van der Waals surface area contributed by atoms with Crippen LogP contribution in [0.3, 0.4) is 0 Å². The summed E-state index contributed by atoms with van der Waals surface area (Å²) in [6.45, 7) is 2.87. The number of amides is 1. The van der Waals surface area contributed by atoms with Gasteiger partial charge in [-0.3, -0.25) is 9.69 Å². The number of hydrogen-bond donors (Lipinski definition) is 0. The molecule has 168 valence electrons. The predicted octanol–water partition coefficient (Wildman–Crippen LogP) is 4.80. The number of aromatic nitrogens is 1. The molecule has 0 saturated carbocycles. The van der Waals surface area contributed by atoms with E-state index in [4.69, 9.17) is 9.72 Å². The van der Waals surface area contributed by atoms with Crippen molar-refractivity contribution >= 4 is 17.2 Å². The average Bonchev–Trinajstić information content (AvgIpc) is 3.27. The second-order valence-electron chi connectivity index (χ2n) is 7.52. The summed E-state index contributed by atoms with van der Waals surface area (Å²) < 4.78 is 44.0. The Hall–Kier alpha value is -2.91. The molecule has 0 radical (unpaired) electrons. The highest BCUT2D eigenvalue weighted by Gasteiger charge is 2.31. The Balaban J connectivity index is 1.33. The minimum absolute atomic E-state index is 0.0666. The quantitative estimate of drug-likeness (QED) is 0.548. The molecule has 2 heterocycles. The molecule has 0 aliphatic carbocycles. The molecule has 32 heavy (non-hydrogen) atoms. The molecular weight excluding hydrogens is 439 g/mol. The molecule has 1 amide bonds. The maximum Gasteiger partial charge on any atom is 0.416 e. The summed E-state index contributed by atoms with van der Waals surface area (Å²) in [6, 6.07) is 12.3. The van der Waals surface area contributed by atoms with Crippen LogP contribution in [0.15, 0.2) is 53.9 Å². The van der Waals surface area contributed by atoms with E-state index >= 15 is 0 Å². The van der Waals surface area contributed by atoms with E-state index in [0.29, 0.717) is 32.7 Å². The molecule has 1 aromatic heterocycles. The first-order valence-corrected chi connectivity index (χ1v) is 11.0. The maximum absolute atomic E-state index is 12.9. The van der Waals surface area contributed by atoms with Crippen molar-refractivity contribution in [1.29, 1.82) is 0 Å². The number of alkyl halides is 3. The molecule has 1 aliphatic rings. The van der Waals surface area contributed by atoms with Gasteiger partial charge in [-0.05, 0) is 42.5 Å². The number of rotatable bonds is 5. The number of thiazole rings is 1. The van der Waals surface area contributed by atoms with Gasteiger partial charge < -0.3 is 9.64 Å². The molecule has 5 nitrogen and oxygen atoms in total. The number of piperazine rings is 1. The summed E-state index contributed by atoms with van der Waals surface area (Å²) in [5.41, 5.74) is 1.24. The molecule has 0 N–H and O–H groups in total. The van der Waals surface area contributed by atoms with Crippen LogP contribution in [0.1, 0.15) is 21.6 Å². The van der Waals surface area contributed by atoms with Gasteiger partial charge in [0.15, 0.2) is 0 Å². The van der Waals surface area contributed by atoms with Crippen molar-refractivity contribution in [2.24, 2.45) is 0 Å². The van der Waals surface area contributed by atoms with E-state index < -0.39 is 11.7 Å². The van der Waals surface area contributed by atoms with E-state index in [0.717, 1.165) is 34.1 Å². The molecule has 3 aromatic rings. The fraction of sp³-hybridized carbons (Fsp3) is 0.304. The van der Waals surface area contributed by atoms with Gasteiger partial charge in [0.05, 0.1) is 18.4 Å². The molecule has 0 unspecified atom stereocenters. The molecule has 1 saturated heterocycles. The molecule has 0 bridgehead atoms. The monoisotopic (exact) mass is 461 g/mol. The van der Waals surface area contributed by atoms with Crippen LogP contribution in [0.5, 0.6) is 5.75 Å². The molecule has 0 spiro atoms. The SMILES string of the molecule is COc1ccc(-c2nc(CN3CCN(C(=O)c4cccc(C(F)(F)F)c4)CC3)cs2)cc1. The van der Waals surface area contributed by atoms with Crippen molar-refractivity contribution in [3.8, 4) is 16.3 Å². The maximum atomic E-state index is 12.9. The number of hydrogen-bond acceptors (Lipinski definition) is 5. The largest absolute Gasteiger partial charge is 0.497 e. The van der Waals surface area contributed by atoms with Crippen molar-refractivity contribution in [2.45, 2.75) is 12.7 Å². The first-order chi connectivity index (χ1) is 15.3. The number of ether oxygens (including phenoxy) is 1. The fourth-order valence-electron chi connectivity index (χ4n) is 3.60. The van der Waals surface area contributed by atoms with Gasteiger partial charge in [0, 0.05) is 49.2 Å². The standard InChI is InChI=1S/C23H22F3N3O2S/c1-31-20-7-5-16(6-8-20)21-27-19(15-32-21)14-28-9-11-29(12-10-28)22(30)17-3-2-4-18(13-17)23(24,25)26/h2-8,13,15H,9-12,14H2,1H3. The molecule has 4 rings (SSSR count). The second-order valence-corrected chi connectivity index (χ2v) is 8.38. The normalized spacial score (nSPS) is 15.1. The van der Waals surface area contributed by atoms with Crippen LogP contribution >= 0.6 is 11.3 Å². The average molecular weight is 462 g/mol. The zero-order valence-electron chi connectivity index (χ0n) is 17.4. The van der Waals surface area contributed by atoms with Crippen LogP contribution in [0.4, 0.5) is 13.2 Å². The van der Waals surface area contributed by atoms with E-state index in [2.05, 4.69) is 4.90 Å². The Bertz CT molecular complexity index is 1070. The van der Waals surface area contributed by atoms with Crippen LogP contribution in [-0.4, -0.2) is 54.0 Å². The van der Waals surface area contributed by atoms with Crippen LogP contribution in [0.2, 0.25) is 0 Å². The van der Waals surface area contributed by atoms with Crippen LogP contribution in [-0.2, 0) is 12.7 Å². The van der Waals surface area contributed by atoms with Crippen molar-refractivity contribution in [1.82, 2.24) is 14.8 Å². The highest BCUT2D eigenvalue weighted by atomic mass is 32.1. The van der Waals surface area contributed by atoms with E-state index in [1.165, 1.54) is 12.1 Å². The summed E-state index contributed by atoms with van der Waals surface area (Å²) in [6.07, 6.45) is -4.47. The summed E-state index contributed by atoms with van der Waals surface area (Å²) in [4.78, 5) is 21.2. The lowest BCUT2D eigenvalue weighted by molar-refractivity contribution is -0.137. The number of carbonyl (C=O) groups excluding carboxylic acids is 1. The van der Waals surface area contributed by atoms with E-state index in [1.807, 2.05) is 29.6 Å². The molecule has 2 aromatic carbocycles. The van der Waals surface area contributed by atoms with Gasteiger partial charge in [0.25, 0.3) is 5.91 Å². The van der Waals surface area contributed by atoms with Gasteiger partial charge in [0.1, 0.15) is 10.8 Å². The number of benzene rings is 2. The van der Waals surface area contributed by atoms with Gasteiger partial charge in [-0.2, -0.15) is 13.2 Å². The predicted molar refractivity (Wildman–Crippen MR) is 117 cm³/mol. The van der Waals surface area contributed by atoms with Crippen LogP contribution in [0.25, 0.3) is 10.6 Å². The van der Waals surface area contributed by atoms with E-state index in [9.17, 15) is 18.0 Å². The first kappa shape index (κ1) is 22.3. The third-order valence-electron chi connectivity index (χ3n) is 5.37. The summed E-state index contributed by atoms with van der Waals surface area (Å²) in [5, 5.41) is 2.96. The molecular formula is C23H22F3N3O2S. The lowest BCUT2D eigenvalue weighted by Crippen LogP contribution is -2.48. The summed E-state index contributed by atoms with van der Waals surface area (Å²) in [5.74, 6) is 0.425. The Labute approximate surface area is 188 Å². The van der Waals surface area contributed by atoms with E-state index in [1.54, 1.807) is 23.3 Å². The molecule has 1 fully saturated rings. The number of methoxy groups -OCH3 is 1. The highest BCUT2D eigenvalue weighted by molar-refractivity contribution is 7.13. The summed E-state index contributed by atoms with van der Waals surface area (Å²) >= 11 is 1.58. The zero-order valence-corrected chi connectivity index (χ0v) is 18.2. The lowest BCUT2D eigenvalue weighted by Gasteiger charge is -2.34. The van der Waals surface area contributed by atoms with Gasteiger partial charge in [-0.25, -0.2) is 4.98 Å². The fourth-order valence-corrected chi connectivity index (χ4v) is 4.41. The first-order valence-electron chi connectivity index (χ1n) is 10.1. The Morgan fingerprint density at radius 2 is 1.81 bits per heavy atom. The van der Waals surface area contributed by atoms with E-state index in [-0.39, 0.29) is 11.5 Å². The minimum atomic E-state index is -4.47. The molecule has 9 heteroatoms. The molecule has 1 aliphatic heterocycles. The van der Waals surface area contributed by atoms with Crippen LogP contribution < -0.4 is 4.74 Å². The van der Waals surface area contributed by atoms with Gasteiger partial charge in [-0.15, -0.1) is 11.3 Å². The Morgan fingerprint density at radius 1 is 1.09 bits per heavy atom. The Morgan fingerprint density at radius 3 is 2.47 bits per heavy atom. The zero-order chi connectivity index (χ0) is 22.7. The third kappa shape index (κ3) is 5.11. The second kappa shape index (κ2) is 9.30. The Kier molecular flexibility index (Phi) is 6.48. The summed E-state index contributed by atoms with van der Waals surface area (Å²) in [7, 11) is 1.63. The third-order valence-corrected chi connectivity index (χ3v) is 6.31. The van der Waals surface area contributed by atoms with Crippen molar-refractivity contribution in [3.63, 3.8) is 0 Å². The van der Waals surface area contributed by atoms with Crippen molar-refractivity contribution in [3.05, 3.63) is 70.7 Å². The molecule has 0 atom stereocenters. The lowest BCUT2D eigenvalue weighted by atomic mass is 10.1. The van der Waals surface area contributed by atoms with Gasteiger partial charge in [-0.1, -0.05) is 6.07 Å².